The number of hydrogen-bond donors (Lipinski definition) is 1. The summed E-state index contributed by atoms with van der Waals surface area (Å²) in [6, 6.07) is 3.47. The van der Waals surface area contributed by atoms with E-state index in [4.69, 9.17) is 11.6 Å². The second kappa shape index (κ2) is 6.26. The van der Waals surface area contributed by atoms with Gasteiger partial charge in [-0.05, 0) is 34.5 Å². The molecule has 0 saturated carbocycles. The summed E-state index contributed by atoms with van der Waals surface area (Å²) >= 11 is 9.40. The summed E-state index contributed by atoms with van der Waals surface area (Å²) in [5.74, 6) is -0.0631. The van der Waals surface area contributed by atoms with Crippen LogP contribution in [0.1, 0.15) is 23.7 Å². The number of rotatable bonds is 4. The van der Waals surface area contributed by atoms with Crippen LogP contribution >= 0.6 is 27.5 Å². The molecule has 0 spiro atoms. The predicted octanol–water partition coefficient (Wildman–Crippen LogP) is 3.63. The Balaban J connectivity index is 3.20. The first-order chi connectivity index (χ1) is 7.97. The molecule has 0 heterocycles. The summed E-state index contributed by atoms with van der Waals surface area (Å²) in [7, 11) is 3.45. The van der Waals surface area contributed by atoms with Crippen LogP contribution in [-0.2, 0) is 0 Å². The van der Waals surface area contributed by atoms with Crippen molar-refractivity contribution in [2.24, 2.45) is 0 Å². The number of hydrogen-bond acceptors (Lipinski definition) is 2. The minimum Gasteiger partial charge on any atom is -0.383 e. The first kappa shape index (κ1) is 14.3. The molecule has 1 aromatic rings. The van der Waals surface area contributed by atoms with Crippen LogP contribution in [0.15, 0.2) is 16.6 Å². The highest BCUT2D eigenvalue weighted by molar-refractivity contribution is 9.10. The van der Waals surface area contributed by atoms with E-state index >= 15 is 0 Å². The molecule has 0 aliphatic heterocycles. The van der Waals surface area contributed by atoms with Crippen LogP contribution in [0.4, 0.5) is 5.69 Å². The van der Waals surface area contributed by atoms with Crippen LogP contribution in [0.3, 0.4) is 0 Å². The van der Waals surface area contributed by atoms with Gasteiger partial charge in [-0.15, -0.1) is 0 Å². The van der Waals surface area contributed by atoms with Gasteiger partial charge < -0.3 is 10.2 Å². The highest BCUT2D eigenvalue weighted by atomic mass is 79.9. The van der Waals surface area contributed by atoms with Crippen molar-refractivity contribution in [3.05, 3.63) is 27.2 Å². The van der Waals surface area contributed by atoms with Crippen LogP contribution < -0.4 is 5.32 Å². The van der Waals surface area contributed by atoms with Crippen molar-refractivity contribution < 1.29 is 4.79 Å². The van der Waals surface area contributed by atoms with E-state index in [0.29, 0.717) is 10.6 Å². The minimum absolute atomic E-state index is 0.0631. The van der Waals surface area contributed by atoms with E-state index in [1.54, 1.807) is 26.2 Å². The van der Waals surface area contributed by atoms with Crippen molar-refractivity contribution >= 4 is 39.1 Å². The molecule has 0 bridgehead atoms. The molecule has 0 fully saturated rings. The number of anilines is 1. The van der Waals surface area contributed by atoms with Gasteiger partial charge in [-0.3, -0.25) is 4.79 Å². The van der Waals surface area contributed by atoms with Gasteiger partial charge >= 0.3 is 0 Å². The Morgan fingerprint density at radius 3 is 2.65 bits per heavy atom. The molecule has 0 aliphatic rings. The quantitative estimate of drug-likeness (QED) is 0.919. The van der Waals surface area contributed by atoms with Gasteiger partial charge in [-0.2, -0.15) is 0 Å². The van der Waals surface area contributed by atoms with Crippen LogP contribution in [0, 0.1) is 0 Å². The first-order valence-electron chi connectivity index (χ1n) is 5.42. The fourth-order valence-corrected chi connectivity index (χ4v) is 2.36. The standard InChI is InChI=1S/C12H16BrClN2O/c1-4-5-15-11-9(12(17)16(2)3)6-8(14)7-10(11)13/h6-7,15H,4-5H2,1-3H3. The molecule has 0 radical (unpaired) electrons. The number of carbonyl (C=O) groups is 1. The normalized spacial score (nSPS) is 10.2. The SMILES string of the molecule is CCCNc1c(Br)cc(Cl)cc1C(=O)N(C)C. The average molecular weight is 320 g/mol. The monoisotopic (exact) mass is 318 g/mol. The number of nitrogens with one attached hydrogen (secondary N) is 1. The molecule has 0 atom stereocenters. The molecule has 1 aromatic carbocycles. The van der Waals surface area contributed by atoms with Gasteiger partial charge in [-0.25, -0.2) is 0 Å². The third-order valence-corrected chi connectivity index (χ3v) is 3.09. The second-order valence-corrected chi connectivity index (χ2v) is 5.23. The van der Waals surface area contributed by atoms with Crippen molar-refractivity contribution in [2.45, 2.75) is 13.3 Å². The molecular weight excluding hydrogens is 304 g/mol. The topological polar surface area (TPSA) is 32.3 Å². The minimum atomic E-state index is -0.0631. The van der Waals surface area contributed by atoms with Crippen molar-refractivity contribution in [1.82, 2.24) is 4.90 Å². The Labute approximate surface area is 115 Å². The van der Waals surface area contributed by atoms with Crippen molar-refractivity contribution in [1.29, 1.82) is 0 Å². The van der Waals surface area contributed by atoms with Crippen LogP contribution in [0.25, 0.3) is 0 Å². The predicted molar refractivity (Wildman–Crippen MR) is 76.0 cm³/mol. The summed E-state index contributed by atoms with van der Waals surface area (Å²) < 4.78 is 0.809. The zero-order valence-electron chi connectivity index (χ0n) is 10.2. The number of amides is 1. The molecule has 0 aliphatic carbocycles. The van der Waals surface area contributed by atoms with Crippen LogP contribution in [-0.4, -0.2) is 31.4 Å². The third-order valence-electron chi connectivity index (χ3n) is 2.24. The molecule has 94 valence electrons. The zero-order chi connectivity index (χ0) is 13.0. The lowest BCUT2D eigenvalue weighted by molar-refractivity contribution is 0.0828. The number of carbonyl (C=O) groups excluding carboxylic acids is 1. The largest absolute Gasteiger partial charge is 0.383 e. The maximum absolute atomic E-state index is 12.0. The van der Waals surface area contributed by atoms with Crippen molar-refractivity contribution in [2.75, 3.05) is 26.0 Å². The molecule has 5 heteroatoms. The van der Waals surface area contributed by atoms with Gasteiger partial charge in [0, 0.05) is 30.1 Å². The van der Waals surface area contributed by atoms with Gasteiger partial charge in [0.15, 0.2) is 0 Å². The van der Waals surface area contributed by atoms with Crippen LogP contribution in [0.5, 0.6) is 0 Å². The number of nitrogens with zero attached hydrogens (tertiary/aromatic N) is 1. The lowest BCUT2D eigenvalue weighted by atomic mass is 10.1. The maximum Gasteiger partial charge on any atom is 0.255 e. The van der Waals surface area contributed by atoms with Gasteiger partial charge in [-0.1, -0.05) is 18.5 Å². The summed E-state index contributed by atoms with van der Waals surface area (Å²) in [6.07, 6.45) is 0.991. The average Bonchev–Trinajstić information content (AvgIpc) is 2.25. The highest BCUT2D eigenvalue weighted by Crippen LogP contribution is 2.31. The molecule has 0 saturated heterocycles. The molecule has 3 nitrogen and oxygen atoms in total. The fourth-order valence-electron chi connectivity index (χ4n) is 1.41. The fraction of sp³-hybridized carbons (Fsp3) is 0.417. The molecule has 0 aromatic heterocycles. The Kier molecular flexibility index (Phi) is 5.28. The number of halogens is 2. The Morgan fingerprint density at radius 2 is 2.12 bits per heavy atom. The van der Waals surface area contributed by atoms with E-state index in [9.17, 15) is 4.79 Å². The maximum atomic E-state index is 12.0. The molecular formula is C12H16BrClN2O. The first-order valence-corrected chi connectivity index (χ1v) is 6.59. The third kappa shape index (κ3) is 3.61. The summed E-state index contributed by atoms with van der Waals surface area (Å²) in [6.45, 7) is 2.89. The van der Waals surface area contributed by atoms with E-state index in [1.807, 2.05) is 0 Å². The second-order valence-electron chi connectivity index (χ2n) is 3.94. The molecule has 1 amide bonds. The summed E-state index contributed by atoms with van der Waals surface area (Å²) in [5.41, 5.74) is 1.39. The van der Waals surface area contributed by atoms with E-state index in [2.05, 4.69) is 28.2 Å². The van der Waals surface area contributed by atoms with E-state index < -0.39 is 0 Å². The molecule has 1 N–H and O–H groups in total. The zero-order valence-corrected chi connectivity index (χ0v) is 12.5. The van der Waals surface area contributed by atoms with Gasteiger partial charge in [0.2, 0.25) is 0 Å². The highest BCUT2D eigenvalue weighted by Gasteiger charge is 2.16. The smallest absolute Gasteiger partial charge is 0.255 e. The van der Waals surface area contributed by atoms with Crippen molar-refractivity contribution in [3.63, 3.8) is 0 Å². The molecule has 0 unspecified atom stereocenters. The lowest BCUT2D eigenvalue weighted by Crippen LogP contribution is -2.23. The molecule has 17 heavy (non-hydrogen) atoms. The molecule has 1 rings (SSSR count). The Morgan fingerprint density at radius 1 is 1.47 bits per heavy atom. The van der Waals surface area contributed by atoms with E-state index in [1.165, 1.54) is 4.90 Å². The lowest BCUT2D eigenvalue weighted by Gasteiger charge is -2.17. The Bertz CT molecular complexity index is 421. The van der Waals surface area contributed by atoms with Crippen molar-refractivity contribution in [3.8, 4) is 0 Å². The number of benzene rings is 1. The Hall–Kier alpha value is -0.740. The summed E-state index contributed by atoms with van der Waals surface area (Å²) in [4.78, 5) is 13.6. The van der Waals surface area contributed by atoms with E-state index in [-0.39, 0.29) is 5.91 Å². The van der Waals surface area contributed by atoms with E-state index in [0.717, 1.165) is 23.1 Å². The van der Waals surface area contributed by atoms with Gasteiger partial charge in [0.1, 0.15) is 0 Å². The van der Waals surface area contributed by atoms with Gasteiger partial charge in [0.05, 0.1) is 11.3 Å². The van der Waals surface area contributed by atoms with Crippen LogP contribution in [0.2, 0.25) is 5.02 Å². The summed E-state index contributed by atoms with van der Waals surface area (Å²) in [5, 5.41) is 3.79. The van der Waals surface area contributed by atoms with Gasteiger partial charge in [0.25, 0.3) is 5.91 Å².